The van der Waals surface area contributed by atoms with Gasteiger partial charge in [0.25, 0.3) is 0 Å². The van der Waals surface area contributed by atoms with Crippen molar-refractivity contribution in [1.29, 1.82) is 0 Å². The lowest BCUT2D eigenvalue weighted by Crippen LogP contribution is -2.45. The Morgan fingerprint density at radius 3 is 2.79 bits per heavy atom. The van der Waals surface area contributed by atoms with Crippen molar-refractivity contribution in [3.05, 3.63) is 12.4 Å². The van der Waals surface area contributed by atoms with Gasteiger partial charge in [0.15, 0.2) is 0 Å². The molecule has 8 heteroatoms. The summed E-state index contributed by atoms with van der Waals surface area (Å²) in [6, 6.07) is 0. The van der Waals surface area contributed by atoms with Crippen LogP contribution < -0.4 is 10.0 Å². The first kappa shape index (κ1) is 14.3. The van der Waals surface area contributed by atoms with Gasteiger partial charge in [-0.25, -0.2) is 8.42 Å². The van der Waals surface area contributed by atoms with E-state index in [-0.39, 0.29) is 5.75 Å². The van der Waals surface area contributed by atoms with Crippen LogP contribution in [0.2, 0.25) is 0 Å². The lowest BCUT2D eigenvalue weighted by Gasteiger charge is -2.26. The van der Waals surface area contributed by atoms with Gasteiger partial charge in [-0.15, -0.1) is 0 Å². The first-order chi connectivity index (χ1) is 9.09. The fourth-order valence-electron chi connectivity index (χ4n) is 2.00. The number of sulfonamides is 1. The molecule has 2 heterocycles. The molecule has 1 fully saturated rings. The van der Waals surface area contributed by atoms with E-state index in [1.165, 1.54) is 6.20 Å². The Balaban J connectivity index is 1.83. The average Bonchev–Trinajstić information content (AvgIpc) is 2.85. The van der Waals surface area contributed by atoms with Crippen molar-refractivity contribution in [3.8, 4) is 0 Å². The second-order valence-corrected chi connectivity index (χ2v) is 6.44. The molecule has 1 aromatic rings. The third kappa shape index (κ3) is 4.48. The normalized spacial score (nSPS) is 17.5. The summed E-state index contributed by atoms with van der Waals surface area (Å²) in [4.78, 5) is 2.16. The van der Waals surface area contributed by atoms with Crippen LogP contribution in [0.4, 0.5) is 5.69 Å². The number of rotatable bonds is 6. The molecule has 0 aromatic carbocycles. The Labute approximate surface area is 114 Å². The van der Waals surface area contributed by atoms with E-state index in [4.69, 9.17) is 0 Å². The van der Waals surface area contributed by atoms with Gasteiger partial charge >= 0.3 is 0 Å². The van der Waals surface area contributed by atoms with E-state index in [9.17, 15) is 8.42 Å². The van der Waals surface area contributed by atoms with E-state index in [1.54, 1.807) is 10.9 Å². The number of nitrogens with one attached hydrogen (secondary N) is 2. The standard InChI is InChI=1S/C11H21N5O2S/c1-2-16-10-11(9-13-16)14-19(17,18)8-7-15-5-3-12-4-6-15/h9-10,12,14H,2-8H2,1H3. The average molecular weight is 287 g/mol. The molecule has 1 aliphatic rings. The number of aromatic nitrogens is 2. The summed E-state index contributed by atoms with van der Waals surface area (Å²) in [7, 11) is -3.29. The van der Waals surface area contributed by atoms with Crippen molar-refractivity contribution in [2.45, 2.75) is 13.5 Å². The maximum atomic E-state index is 11.9. The van der Waals surface area contributed by atoms with Crippen LogP contribution in [-0.4, -0.2) is 61.6 Å². The van der Waals surface area contributed by atoms with E-state index < -0.39 is 10.0 Å². The van der Waals surface area contributed by atoms with Crippen molar-refractivity contribution in [2.24, 2.45) is 0 Å². The minimum Gasteiger partial charge on any atom is -0.314 e. The molecule has 0 amide bonds. The minimum absolute atomic E-state index is 0.115. The van der Waals surface area contributed by atoms with Crippen LogP contribution in [0.1, 0.15) is 6.92 Å². The van der Waals surface area contributed by atoms with Crippen LogP contribution in [0.25, 0.3) is 0 Å². The fourth-order valence-corrected chi connectivity index (χ4v) is 3.07. The van der Waals surface area contributed by atoms with Crippen molar-refractivity contribution in [3.63, 3.8) is 0 Å². The van der Waals surface area contributed by atoms with Crippen LogP contribution in [-0.2, 0) is 16.6 Å². The van der Waals surface area contributed by atoms with Gasteiger partial charge in [-0.2, -0.15) is 5.10 Å². The van der Waals surface area contributed by atoms with Crippen LogP contribution in [0.15, 0.2) is 12.4 Å². The summed E-state index contributed by atoms with van der Waals surface area (Å²) < 4.78 is 28.1. The van der Waals surface area contributed by atoms with Gasteiger partial charge in [0.2, 0.25) is 10.0 Å². The first-order valence-electron chi connectivity index (χ1n) is 6.55. The number of anilines is 1. The maximum absolute atomic E-state index is 11.9. The molecule has 0 bridgehead atoms. The molecule has 0 spiro atoms. The van der Waals surface area contributed by atoms with Crippen molar-refractivity contribution < 1.29 is 8.42 Å². The topological polar surface area (TPSA) is 79.3 Å². The lowest BCUT2D eigenvalue weighted by molar-refractivity contribution is 0.254. The van der Waals surface area contributed by atoms with Gasteiger partial charge in [0, 0.05) is 45.5 Å². The highest BCUT2D eigenvalue weighted by Gasteiger charge is 2.16. The largest absolute Gasteiger partial charge is 0.314 e. The van der Waals surface area contributed by atoms with Crippen molar-refractivity contribution in [2.75, 3.05) is 43.2 Å². The van der Waals surface area contributed by atoms with E-state index >= 15 is 0 Å². The monoisotopic (exact) mass is 287 g/mol. The molecule has 108 valence electrons. The van der Waals surface area contributed by atoms with E-state index in [0.717, 1.165) is 32.7 Å². The van der Waals surface area contributed by atoms with Crippen molar-refractivity contribution in [1.82, 2.24) is 20.0 Å². The SMILES string of the molecule is CCn1cc(NS(=O)(=O)CCN2CCNCC2)cn1. The number of nitrogens with zero attached hydrogens (tertiary/aromatic N) is 3. The molecule has 7 nitrogen and oxygen atoms in total. The Bertz CT molecular complexity index is 493. The Morgan fingerprint density at radius 2 is 2.16 bits per heavy atom. The molecule has 2 rings (SSSR count). The van der Waals surface area contributed by atoms with Gasteiger partial charge in [0.05, 0.1) is 17.6 Å². The number of hydrogen-bond acceptors (Lipinski definition) is 5. The summed E-state index contributed by atoms with van der Waals surface area (Å²) in [6.45, 7) is 6.91. The van der Waals surface area contributed by atoms with E-state index in [0.29, 0.717) is 12.2 Å². The van der Waals surface area contributed by atoms with Crippen molar-refractivity contribution >= 4 is 15.7 Å². The van der Waals surface area contributed by atoms with E-state index in [2.05, 4.69) is 20.0 Å². The molecule has 0 saturated carbocycles. The smallest absolute Gasteiger partial charge is 0.234 e. The highest BCUT2D eigenvalue weighted by Crippen LogP contribution is 2.08. The molecule has 1 saturated heterocycles. The molecule has 1 aliphatic heterocycles. The quantitative estimate of drug-likeness (QED) is 0.741. The zero-order valence-corrected chi connectivity index (χ0v) is 12.0. The first-order valence-corrected chi connectivity index (χ1v) is 8.20. The molecule has 2 N–H and O–H groups in total. The molecular formula is C11H21N5O2S. The van der Waals surface area contributed by atoms with Crippen LogP contribution in [0.5, 0.6) is 0 Å². The summed E-state index contributed by atoms with van der Waals surface area (Å²) in [5, 5.41) is 7.28. The number of hydrogen-bond donors (Lipinski definition) is 2. The highest BCUT2D eigenvalue weighted by atomic mass is 32.2. The maximum Gasteiger partial charge on any atom is 0.234 e. The molecule has 0 atom stereocenters. The molecule has 1 aromatic heterocycles. The third-order valence-electron chi connectivity index (χ3n) is 3.12. The number of aryl methyl sites for hydroxylation is 1. The summed E-state index contributed by atoms with van der Waals surface area (Å²) >= 11 is 0. The van der Waals surface area contributed by atoms with Gasteiger partial charge in [0.1, 0.15) is 0 Å². The predicted octanol–water partition coefficient (Wildman–Crippen LogP) is -0.450. The Kier molecular flexibility index (Phi) is 4.78. The minimum atomic E-state index is -3.29. The summed E-state index contributed by atoms with van der Waals surface area (Å²) in [6.07, 6.45) is 3.23. The second kappa shape index (κ2) is 6.36. The zero-order valence-electron chi connectivity index (χ0n) is 11.2. The fraction of sp³-hybridized carbons (Fsp3) is 0.727. The van der Waals surface area contributed by atoms with Gasteiger partial charge in [-0.1, -0.05) is 0 Å². The molecule has 19 heavy (non-hydrogen) atoms. The second-order valence-electron chi connectivity index (χ2n) is 4.60. The summed E-state index contributed by atoms with van der Waals surface area (Å²) in [5.41, 5.74) is 0.530. The van der Waals surface area contributed by atoms with Gasteiger partial charge in [-0.3, -0.25) is 14.3 Å². The van der Waals surface area contributed by atoms with E-state index in [1.807, 2.05) is 6.92 Å². The molecule has 0 aliphatic carbocycles. The number of piperazine rings is 1. The Morgan fingerprint density at radius 1 is 1.42 bits per heavy atom. The van der Waals surface area contributed by atoms with Gasteiger partial charge in [-0.05, 0) is 6.92 Å². The molecular weight excluding hydrogens is 266 g/mol. The van der Waals surface area contributed by atoms with Crippen LogP contribution >= 0.6 is 0 Å². The Hall–Kier alpha value is -1.12. The molecule has 0 unspecified atom stereocenters. The highest BCUT2D eigenvalue weighted by molar-refractivity contribution is 7.92. The van der Waals surface area contributed by atoms with Crippen LogP contribution in [0.3, 0.4) is 0 Å². The van der Waals surface area contributed by atoms with Gasteiger partial charge < -0.3 is 5.32 Å². The summed E-state index contributed by atoms with van der Waals surface area (Å²) in [5.74, 6) is 0.115. The zero-order chi connectivity index (χ0) is 13.7. The predicted molar refractivity (Wildman–Crippen MR) is 74.6 cm³/mol. The lowest BCUT2D eigenvalue weighted by atomic mass is 10.4. The molecule has 0 radical (unpaired) electrons. The van der Waals surface area contributed by atoms with Crippen LogP contribution in [0, 0.1) is 0 Å². The third-order valence-corrected chi connectivity index (χ3v) is 4.38.